The van der Waals surface area contributed by atoms with Crippen molar-refractivity contribution in [3.05, 3.63) is 60.2 Å². The number of hydrogen-bond acceptors (Lipinski definition) is 8. The average molecular weight is 699 g/mol. The van der Waals surface area contributed by atoms with Gasteiger partial charge in [-0.1, -0.05) is 65.0 Å². The summed E-state index contributed by atoms with van der Waals surface area (Å²) in [5.41, 5.74) is 0.101. The van der Waals surface area contributed by atoms with Gasteiger partial charge in [0, 0.05) is 28.9 Å². The van der Waals surface area contributed by atoms with Crippen LogP contribution in [0.3, 0.4) is 0 Å². The molecule has 0 bridgehead atoms. The number of thioether (sulfide) groups is 1. The normalized spacial score (nSPS) is 21.7. The van der Waals surface area contributed by atoms with Crippen molar-refractivity contribution in [2.75, 3.05) is 6.61 Å². The van der Waals surface area contributed by atoms with Gasteiger partial charge in [0.25, 0.3) is 0 Å². The van der Waals surface area contributed by atoms with Crippen LogP contribution in [0.25, 0.3) is 0 Å². The summed E-state index contributed by atoms with van der Waals surface area (Å²) < 4.78 is 17.9. The Labute approximate surface area is 291 Å². The van der Waals surface area contributed by atoms with Crippen LogP contribution >= 0.6 is 11.8 Å². The van der Waals surface area contributed by atoms with Gasteiger partial charge >= 0.3 is 11.9 Å². The van der Waals surface area contributed by atoms with Crippen molar-refractivity contribution in [1.82, 2.24) is 10.6 Å². The molecule has 1 unspecified atom stereocenters. The molecule has 0 radical (unpaired) electrons. The molecule has 9 nitrogen and oxygen atoms in total. The first kappa shape index (κ1) is 39.1. The lowest BCUT2D eigenvalue weighted by Crippen LogP contribution is -2.55. The smallest absolute Gasteiger partial charge is 0.328 e. The molecule has 48 heavy (non-hydrogen) atoms. The maximum Gasteiger partial charge on any atom is 0.328 e. The third kappa shape index (κ3) is 12.0. The molecule has 0 aliphatic carbocycles. The number of ether oxygens (including phenoxy) is 2. The van der Waals surface area contributed by atoms with Crippen molar-refractivity contribution in [3.63, 3.8) is 0 Å². The maximum atomic E-state index is 13.7. The lowest BCUT2D eigenvalue weighted by Gasteiger charge is -2.36. The monoisotopic (exact) mass is 698 g/mol. The van der Waals surface area contributed by atoms with Crippen LogP contribution in [0.1, 0.15) is 73.8 Å². The molecule has 1 aliphatic heterocycles. The summed E-state index contributed by atoms with van der Waals surface area (Å²) in [5.74, 6) is -1.89. The zero-order valence-electron chi connectivity index (χ0n) is 30.2. The van der Waals surface area contributed by atoms with Gasteiger partial charge in [-0.3, -0.25) is 14.4 Å². The zero-order chi connectivity index (χ0) is 35.9. The topological polar surface area (TPSA) is 120 Å². The number of carbonyl (C=O) groups is 4. The molecule has 2 N–H and O–H groups in total. The number of amides is 2. The minimum Gasteiger partial charge on any atom is -0.544 e. The largest absolute Gasteiger partial charge is 0.544 e. The fourth-order valence-electron chi connectivity index (χ4n) is 4.94. The standard InChI is InChI=1S/C37H54N2O7SSi/c1-24(2)33-34(42)38-29(20-25-16-18-27(19-17-25)46-48(9,10)37(6,7)8)35(43)44-23-26(21-32(41)45-36(3,4)5)30(22-31(40)39-33)47-28-14-12-11-13-15-28/h11-19,24,26,29-30,33H,20-23H2,1-10H3,(H,38,42)(H,39,40)/t26-,29-,30?,33-/m0/s1. The van der Waals surface area contributed by atoms with Crippen LogP contribution < -0.4 is 15.1 Å². The van der Waals surface area contributed by atoms with E-state index in [-0.39, 0.29) is 42.7 Å². The van der Waals surface area contributed by atoms with E-state index in [2.05, 4.69) is 44.5 Å². The fourth-order valence-corrected chi connectivity index (χ4v) is 7.24. The van der Waals surface area contributed by atoms with Crippen LogP contribution in [0.5, 0.6) is 5.75 Å². The maximum absolute atomic E-state index is 13.7. The van der Waals surface area contributed by atoms with Crippen molar-refractivity contribution in [1.29, 1.82) is 0 Å². The van der Waals surface area contributed by atoms with Crippen LogP contribution in [0.4, 0.5) is 0 Å². The van der Waals surface area contributed by atoms with E-state index in [1.54, 1.807) is 20.8 Å². The van der Waals surface area contributed by atoms with Crippen molar-refractivity contribution in [2.24, 2.45) is 11.8 Å². The molecule has 0 aromatic heterocycles. The first-order valence-electron chi connectivity index (χ1n) is 16.7. The Balaban J connectivity index is 1.93. The summed E-state index contributed by atoms with van der Waals surface area (Å²) in [7, 11) is -2.04. The second-order valence-corrected chi connectivity index (χ2v) is 21.5. The molecule has 2 amide bonds. The quantitative estimate of drug-likeness (QED) is 0.220. The first-order chi connectivity index (χ1) is 22.2. The van der Waals surface area contributed by atoms with Crippen molar-refractivity contribution < 1.29 is 33.1 Å². The highest BCUT2D eigenvalue weighted by Gasteiger charge is 2.39. The zero-order valence-corrected chi connectivity index (χ0v) is 32.0. The van der Waals surface area contributed by atoms with Crippen LogP contribution in [0, 0.1) is 11.8 Å². The molecule has 264 valence electrons. The van der Waals surface area contributed by atoms with Gasteiger partial charge < -0.3 is 24.5 Å². The van der Waals surface area contributed by atoms with Crippen LogP contribution in [0.15, 0.2) is 59.5 Å². The Bertz CT molecular complexity index is 1400. The van der Waals surface area contributed by atoms with E-state index >= 15 is 0 Å². The van der Waals surface area contributed by atoms with Gasteiger partial charge in [0.15, 0.2) is 0 Å². The highest BCUT2D eigenvalue weighted by molar-refractivity contribution is 8.00. The highest BCUT2D eigenvalue weighted by Crippen LogP contribution is 2.37. The van der Waals surface area contributed by atoms with Gasteiger partial charge in [-0.2, -0.15) is 0 Å². The van der Waals surface area contributed by atoms with Crippen molar-refractivity contribution >= 4 is 43.8 Å². The minimum atomic E-state index is -2.04. The summed E-state index contributed by atoms with van der Waals surface area (Å²) in [4.78, 5) is 54.8. The summed E-state index contributed by atoms with van der Waals surface area (Å²) >= 11 is 1.44. The molecular weight excluding hydrogens is 645 g/mol. The molecule has 1 saturated heterocycles. The molecule has 3 rings (SSSR count). The number of cyclic esters (lactones) is 1. The highest BCUT2D eigenvalue weighted by atomic mass is 32.2. The number of carbonyl (C=O) groups excluding carboxylic acids is 4. The number of benzene rings is 2. The van der Waals surface area contributed by atoms with Crippen molar-refractivity contribution in [3.8, 4) is 5.75 Å². The number of esters is 2. The third-order valence-electron chi connectivity index (χ3n) is 8.64. The Morgan fingerprint density at radius 2 is 1.58 bits per heavy atom. The Hall–Kier alpha value is -3.31. The lowest BCUT2D eigenvalue weighted by atomic mass is 9.97. The molecule has 1 aliphatic rings. The molecule has 1 fully saturated rings. The molecule has 11 heteroatoms. The summed E-state index contributed by atoms with van der Waals surface area (Å²) in [6, 6.07) is 15.2. The van der Waals surface area contributed by atoms with Crippen LogP contribution in [-0.4, -0.2) is 61.6 Å². The second-order valence-electron chi connectivity index (χ2n) is 15.4. The van der Waals surface area contributed by atoms with Gasteiger partial charge in [-0.15, -0.1) is 11.8 Å². The van der Waals surface area contributed by atoms with Gasteiger partial charge in [0.05, 0.1) is 13.0 Å². The summed E-state index contributed by atoms with van der Waals surface area (Å²) in [6.45, 7) is 19.8. The van der Waals surface area contributed by atoms with E-state index in [0.717, 1.165) is 16.2 Å². The van der Waals surface area contributed by atoms with E-state index in [0.29, 0.717) is 0 Å². The number of hydrogen-bond donors (Lipinski definition) is 2. The first-order valence-corrected chi connectivity index (χ1v) is 20.5. The summed E-state index contributed by atoms with van der Waals surface area (Å²) in [6.07, 6.45) is 0.124. The molecule has 0 saturated carbocycles. The van der Waals surface area contributed by atoms with E-state index in [1.807, 2.05) is 68.4 Å². The Kier molecular flexibility index (Phi) is 13.4. The third-order valence-corrected chi connectivity index (χ3v) is 14.4. The van der Waals surface area contributed by atoms with Crippen LogP contribution in [-0.2, 0) is 35.1 Å². The minimum absolute atomic E-state index is 0.00774. The van der Waals surface area contributed by atoms with Gasteiger partial charge in [-0.05, 0) is 74.7 Å². The fraction of sp³-hybridized carbons (Fsp3) is 0.568. The molecule has 0 spiro atoms. The average Bonchev–Trinajstić information content (AvgIpc) is 2.96. The number of rotatable bonds is 9. The van der Waals surface area contributed by atoms with Crippen molar-refractivity contribution in [2.45, 2.75) is 121 Å². The second kappa shape index (κ2) is 16.4. The van der Waals surface area contributed by atoms with Gasteiger partial charge in [0.1, 0.15) is 23.4 Å². The Morgan fingerprint density at radius 3 is 2.15 bits per heavy atom. The lowest BCUT2D eigenvalue weighted by molar-refractivity contribution is -0.159. The SMILES string of the molecule is CC(C)[C@@H]1NC(=O)CC(Sc2ccccc2)[C@@H](CC(=O)OC(C)(C)C)COC(=O)[C@H](Cc2ccc(O[Si](C)(C)C(C)(C)C)cc2)NC1=O. The predicted molar refractivity (Wildman–Crippen MR) is 192 cm³/mol. The predicted octanol–water partition coefficient (Wildman–Crippen LogP) is 6.69. The molecule has 4 atom stereocenters. The van der Waals surface area contributed by atoms with E-state index in [9.17, 15) is 19.2 Å². The van der Waals surface area contributed by atoms with E-state index < -0.39 is 55.0 Å². The molecular formula is C37H54N2O7SSi. The van der Waals surface area contributed by atoms with Gasteiger partial charge in [0.2, 0.25) is 20.1 Å². The summed E-state index contributed by atoms with van der Waals surface area (Å²) in [5, 5.41) is 5.34. The molecule has 2 aromatic carbocycles. The van der Waals surface area contributed by atoms with E-state index in [4.69, 9.17) is 13.9 Å². The Morgan fingerprint density at radius 1 is 0.958 bits per heavy atom. The van der Waals surface area contributed by atoms with Crippen LogP contribution in [0.2, 0.25) is 18.1 Å². The number of nitrogens with one attached hydrogen (secondary N) is 2. The van der Waals surface area contributed by atoms with E-state index in [1.165, 1.54) is 11.8 Å². The molecule has 2 aromatic rings. The molecule has 1 heterocycles. The van der Waals surface area contributed by atoms with Gasteiger partial charge in [-0.25, -0.2) is 4.79 Å².